The quantitative estimate of drug-likeness (QED) is 0.791. The van der Waals surface area contributed by atoms with Gasteiger partial charge in [0, 0.05) is 17.3 Å². The maximum absolute atomic E-state index is 12.7. The van der Waals surface area contributed by atoms with Gasteiger partial charge in [0.05, 0.1) is 18.4 Å². The molecule has 4 atom stereocenters. The summed E-state index contributed by atoms with van der Waals surface area (Å²) in [5, 5.41) is 17.3. The zero-order valence-electron chi connectivity index (χ0n) is 13.9. The fourth-order valence-electron chi connectivity index (χ4n) is 4.04. The first-order valence-corrected chi connectivity index (χ1v) is 8.89. The number of aromatic nitrogens is 2. The highest BCUT2D eigenvalue weighted by Gasteiger charge is 2.51. The van der Waals surface area contributed by atoms with Crippen LogP contribution < -0.4 is 5.32 Å². The lowest BCUT2D eigenvalue weighted by Crippen LogP contribution is -2.36. The zero-order valence-corrected chi connectivity index (χ0v) is 14.6. The Bertz CT molecular complexity index is 892. The van der Waals surface area contributed by atoms with Crippen molar-refractivity contribution in [3.63, 3.8) is 0 Å². The Balaban J connectivity index is 1.46. The Kier molecular flexibility index (Phi) is 4.28. The number of benzene rings is 1. The molecule has 0 radical (unpaired) electrons. The number of hydrogen-bond donors (Lipinski definition) is 2. The maximum atomic E-state index is 12.7. The van der Waals surface area contributed by atoms with E-state index in [4.69, 9.17) is 11.6 Å². The topological polar surface area (TPSA) is 84.2 Å². The predicted octanol–water partition coefficient (Wildman–Crippen LogP) is 3.05. The molecule has 0 aliphatic heterocycles. The number of nitrogens with zero attached hydrogens (tertiary/aromatic N) is 2. The van der Waals surface area contributed by atoms with Crippen LogP contribution in [0, 0.1) is 23.7 Å². The molecule has 7 heteroatoms. The van der Waals surface area contributed by atoms with Crippen molar-refractivity contribution in [1.82, 2.24) is 9.78 Å². The van der Waals surface area contributed by atoms with E-state index in [1.54, 1.807) is 16.9 Å². The number of carbonyl (C=O) groups is 2. The summed E-state index contributed by atoms with van der Waals surface area (Å²) in [5.74, 6) is -2.04. The van der Waals surface area contributed by atoms with Crippen molar-refractivity contribution in [2.24, 2.45) is 23.7 Å². The molecule has 2 bridgehead atoms. The van der Waals surface area contributed by atoms with Crippen molar-refractivity contribution in [2.45, 2.75) is 13.0 Å². The number of carboxylic acid groups (broad SMARTS) is 1. The van der Waals surface area contributed by atoms with E-state index in [-0.39, 0.29) is 17.7 Å². The molecule has 4 rings (SSSR count). The molecule has 1 aromatic heterocycles. The molecule has 1 heterocycles. The van der Waals surface area contributed by atoms with Gasteiger partial charge in [0.25, 0.3) is 0 Å². The van der Waals surface area contributed by atoms with Gasteiger partial charge in [-0.1, -0.05) is 42.0 Å². The lowest BCUT2D eigenvalue weighted by molar-refractivity contribution is -0.146. The largest absolute Gasteiger partial charge is 0.481 e. The van der Waals surface area contributed by atoms with Crippen molar-refractivity contribution < 1.29 is 14.7 Å². The van der Waals surface area contributed by atoms with Crippen LogP contribution in [-0.4, -0.2) is 26.8 Å². The van der Waals surface area contributed by atoms with Gasteiger partial charge < -0.3 is 10.4 Å². The lowest BCUT2D eigenvalue weighted by atomic mass is 9.82. The standard InChI is InChI=1S/C19H18ClN3O3/c20-14-4-2-1-3-13(14)10-23-8-7-15(22-23)21-18(24)16-11-5-6-12(9-11)17(16)19(25)26/h1-8,11-12,16-17H,9-10H2,(H,25,26)(H,21,22,24)/t11-,12+,16+,17+/m1/s1. The molecule has 2 aliphatic carbocycles. The molecule has 0 unspecified atom stereocenters. The second kappa shape index (κ2) is 6.61. The first-order chi connectivity index (χ1) is 12.5. The number of rotatable bonds is 5. The van der Waals surface area contributed by atoms with Crippen molar-refractivity contribution in [3.8, 4) is 0 Å². The van der Waals surface area contributed by atoms with Gasteiger partial charge in [0.2, 0.25) is 5.91 Å². The van der Waals surface area contributed by atoms with Gasteiger partial charge in [-0.15, -0.1) is 0 Å². The second-order valence-corrected chi connectivity index (χ2v) is 7.22. The summed E-state index contributed by atoms with van der Waals surface area (Å²) in [6, 6.07) is 9.21. The van der Waals surface area contributed by atoms with Crippen LogP contribution in [0.5, 0.6) is 0 Å². The third-order valence-electron chi connectivity index (χ3n) is 5.23. The summed E-state index contributed by atoms with van der Waals surface area (Å²) < 4.78 is 1.69. The molecule has 134 valence electrons. The number of carboxylic acids is 1. The van der Waals surface area contributed by atoms with Crippen LogP contribution in [0.25, 0.3) is 0 Å². The molecule has 1 amide bonds. The number of anilines is 1. The molecular formula is C19H18ClN3O3. The van der Waals surface area contributed by atoms with E-state index in [9.17, 15) is 14.7 Å². The third kappa shape index (κ3) is 3.01. The molecule has 0 saturated heterocycles. The smallest absolute Gasteiger partial charge is 0.307 e. The predicted molar refractivity (Wildman–Crippen MR) is 96.8 cm³/mol. The normalized spacial score (nSPS) is 26.2. The van der Waals surface area contributed by atoms with Gasteiger partial charge in [0.1, 0.15) is 0 Å². The van der Waals surface area contributed by atoms with Crippen LogP contribution in [0.1, 0.15) is 12.0 Å². The number of carbonyl (C=O) groups excluding carboxylic acids is 1. The Morgan fingerprint density at radius 2 is 1.92 bits per heavy atom. The van der Waals surface area contributed by atoms with E-state index < -0.39 is 17.8 Å². The Morgan fingerprint density at radius 3 is 2.65 bits per heavy atom. The number of hydrogen-bond acceptors (Lipinski definition) is 3. The van der Waals surface area contributed by atoms with Gasteiger partial charge in [-0.05, 0) is 29.9 Å². The summed E-state index contributed by atoms with van der Waals surface area (Å²) in [7, 11) is 0. The number of amides is 1. The number of allylic oxidation sites excluding steroid dienone is 2. The van der Waals surface area contributed by atoms with Gasteiger partial charge in [-0.3, -0.25) is 14.3 Å². The SMILES string of the molecule is O=C(Nc1ccn(Cc2ccccc2Cl)n1)[C@@H]1[C@@H](C(=O)O)[C@H]2C=C[C@@H]1C2. The molecule has 1 saturated carbocycles. The average molecular weight is 372 g/mol. The summed E-state index contributed by atoms with van der Waals surface area (Å²) in [4.78, 5) is 24.2. The monoisotopic (exact) mass is 371 g/mol. The molecular weight excluding hydrogens is 354 g/mol. The van der Waals surface area contributed by atoms with Crippen LogP contribution in [0.4, 0.5) is 5.82 Å². The van der Waals surface area contributed by atoms with E-state index in [0.29, 0.717) is 17.4 Å². The fourth-order valence-corrected chi connectivity index (χ4v) is 4.24. The second-order valence-electron chi connectivity index (χ2n) is 6.82. The molecule has 6 nitrogen and oxygen atoms in total. The van der Waals surface area contributed by atoms with Crippen molar-refractivity contribution >= 4 is 29.3 Å². The fraction of sp³-hybridized carbons (Fsp3) is 0.316. The highest BCUT2D eigenvalue weighted by Crippen LogP contribution is 2.48. The molecule has 26 heavy (non-hydrogen) atoms. The zero-order chi connectivity index (χ0) is 18.3. The lowest BCUT2D eigenvalue weighted by Gasteiger charge is -2.23. The third-order valence-corrected chi connectivity index (χ3v) is 5.60. The first-order valence-electron chi connectivity index (χ1n) is 8.52. The maximum Gasteiger partial charge on any atom is 0.307 e. The minimum Gasteiger partial charge on any atom is -0.481 e. The number of aliphatic carboxylic acids is 1. The van der Waals surface area contributed by atoms with Gasteiger partial charge in [-0.25, -0.2) is 0 Å². The van der Waals surface area contributed by atoms with Gasteiger partial charge >= 0.3 is 5.97 Å². The van der Waals surface area contributed by atoms with Crippen LogP contribution in [-0.2, 0) is 16.1 Å². The van der Waals surface area contributed by atoms with Crippen LogP contribution >= 0.6 is 11.6 Å². The Morgan fingerprint density at radius 1 is 1.19 bits per heavy atom. The molecule has 1 fully saturated rings. The molecule has 2 aliphatic rings. The van der Waals surface area contributed by atoms with E-state index in [2.05, 4.69) is 10.4 Å². The van der Waals surface area contributed by atoms with E-state index in [0.717, 1.165) is 12.0 Å². The summed E-state index contributed by atoms with van der Waals surface area (Å²) in [6.07, 6.45) is 6.38. The van der Waals surface area contributed by atoms with E-state index in [1.807, 2.05) is 36.4 Å². The number of halogens is 1. The van der Waals surface area contributed by atoms with Crippen molar-refractivity contribution in [1.29, 1.82) is 0 Å². The number of nitrogens with one attached hydrogen (secondary N) is 1. The van der Waals surface area contributed by atoms with E-state index >= 15 is 0 Å². The minimum absolute atomic E-state index is 0.00805. The molecule has 1 aromatic carbocycles. The van der Waals surface area contributed by atoms with Crippen LogP contribution in [0.2, 0.25) is 5.02 Å². The van der Waals surface area contributed by atoms with Crippen LogP contribution in [0.3, 0.4) is 0 Å². The van der Waals surface area contributed by atoms with Gasteiger partial charge in [-0.2, -0.15) is 5.10 Å². The van der Waals surface area contributed by atoms with Crippen molar-refractivity contribution in [2.75, 3.05) is 5.32 Å². The van der Waals surface area contributed by atoms with Gasteiger partial charge in [0.15, 0.2) is 5.82 Å². The first kappa shape index (κ1) is 16.8. The number of fused-ring (bicyclic) bond motifs is 2. The molecule has 2 N–H and O–H groups in total. The summed E-state index contributed by atoms with van der Waals surface area (Å²) in [6.45, 7) is 0.490. The summed E-state index contributed by atoms with van der Waals surface area (Å²) in [5.41, 5.74) is 0.930. The Labute approximate surface area is 155 Å². The van der Waals surface area contributed by atoms with E-state index in [1.165, 1.54) is 0 Å². The Hall–Kier alpha value is -2.60. The highest BCUT2D eigenvalue weighted by molar-refractivity contribution is 6.31. The van der Waals surface area contributed by atoms with Crippen molar-refractivity contribution in [3.05, 3.63) is 59.3 Å². The average Bonchev–Trinajstić information content (AvgIpc) is 3.32. The minimum atomic E-state index is -0.911. The molecule has 2 aromatic rings. The van der Waals surface area contributed by atoms with Crippen LogP contribution in [0.15, 0.2) is 48.7 Å². The summed E-state index contributed by atoms with van der Waals surface area (Å²) >= 11 is 6.16. The highest BCUT2D eigenvalue weighted by atomic mass is 35.5. The molecule has 0 spiro atoms.